The number of amidine groups is 1. The molecule has 78 valence electrons. The van der Waals surface area contributed by atoms with Gasteiger partial charge in [0.1, 0.15) is 0 Å². The molecule has 1 aliphatic rings. The Labute approximate surface area is 81.5 Å². The van der Waals surface area contributed by atoms with E-state index < -0.39 is 5.72 Å². The maximum atomic E-state index is 10.8. The van der Waals surface area contributed by atoms with Crippen LogP contribution in [0, 0.1) is 0 Å². The Morgan fingerprint density at radius 3 is 2.57 bits per heavy atom. The van der Waals surface area contributed by atoms with Gasteiger partial charge in [-0.25, -0.2) is 0 Å². The van der Waals surface area contributed by atoms with E-state index in [1.54, 1.807) is 0 Å². The summed E-state index contributed by atoms with van der Waals surface area (Å²) >= 11 is 0. The fourth-order valence-electron chi connectivity index (χ4n) is 0.968. The molecule has 0 aromatic rings. The van der Waals surface area contributed by atoms with Crippen molar-refractivity contribution in [3.63, 3.8) is 0 Å². The van der Waals surface area contributed by atoms with Gasteiger partial charge in [0, 0.05) is 13.2 Å². The number of ether oxygens (including phenoxy) is 3. The van der Waals surface area contributed by atoms with Crippen LogP contribution in [0.3, 0.4) is 0 Å². The second-order valence-corrected chi connectivity index (χ2v) is 2.53. The Morgan fingerprint density at radius 1 is 1.43 bits per heavy atom. The number of nitrogens with one attached hydrogen (secondary N) is 1. The van der Waals surface area contributed by atoms with Crippen molar-refractivity contribution < 1.29 is 19.0 Å². The first kappa shape index (κ1) is 10.5. The summed E-state index contributed by atoms with van der Waals surface area (Å²) in [5, 5.41) is 2.70. The lowest BCUT2D eigenvalue weighted by Gasteiger charge is -2.25. The van der Waals surface area contributed by atoms with Crippen molar-refractivity contribution in [2.24, 2.45) is 4.99 Å². The maximum Gasteiger partial charge on any atom is 0.294 e. The number of methoxy groups -OCH3 is 3. The summed E-state index contributed by atoms with van der Waals surface area (Å²) < 4.78 is 14.8. The smallest absolute Gasteiger partial charge is 0.294 e. The minimum absolute atomic E-state index is 0.165. The molecule has 0 saturated heterocycles. The molecule has 1 atom stereocenters. The molecule has 0 spiro atoms. The lowest BCUT2D eigenvalue weighted by molar-refractivity contribution is -0.122. The summed E-state index contributed by atoms with van der Waals surface area (Å²) in [7, 11) is 4.26. The molecular weight excluding hydrogens is 188 g/mol. The van der Waals surface area contributed by atoms with Gasteiger partial charge in [0.15, 0.2) is 12.2 Å². The van der Waals surface area contributed by atoms with Crippen LogP contribution >= 0.6 is 0 Å². The molecule has 0 aliphatic carbocycles. The molecule has 1 heterocycles. The fourth-order valence-corrected chi connectivity index (χ4v) is 0.968. The average Bonchev–Trinajstić information content (AvgIpc) is 2.28. The zero-order valence-corrected chi connectivity index (χ0v) is 8.23. The lowest BCUT2D eigenvalue weighted by atomic mass is 10.2. The van der Waals surface area contributed by atoms with Gasteiger partial charge in [-0.15, -0.1) is 0 Å². The molecular formula is C8H12N2O4. The SMILES string of the molecule is COC1=CC(C=O)(OC)N=C(OC)N1. The van der Waals surface area contributed by atoms with Gasteiger partial charge in [0.25, 0.3) is 6.02 Å². The van der Waals surface area contributed by atoms with Gasteiger partial charge in [-0.2, -0.15) is 4.99 Å². The molecule has 0 aromatic carbocycles. The first-order valence-electron chi connectivity index (χ1n) is 3.89. The maximum absolute atomic E-state index is 10.8. The van der Waals surface area contributed by atoms with Crippen LogP contribution in [0.2, 0.25) is 0 Å². The predicted octanol–water partition coefficient (Wildman–Crippen LogP) is -0.379. The summed E-state index contributed by atoms with van der Waals surface area (Å²) in [5.74, 6) is 0.353. The van der Waals surface area contributed by atoms with E-state index in [0.29, 0.717) is 12.2 Å². The molecule has 0 bridgehead atoms. The lowest BCUT2D eigenvalue weighted by Crippen LogP contribution is -2.40. The minimum atomic E-state index is -1.36. The van der Waals surface area contributed by atoms with Crippen LogP contribution in [0.4, 0.5) is 0 Å². The van der Waals surface area contributed by atoms with E-state index >= 15 is 0 Å². The van der Waals surface area contributed by atoms with Gasteiger partial charge in [-0.3, -0.25) is 10.1 Å². The Balaban J connectivity index is 3.02. The van der Waals surface area contributed by atoms with Crippen LogP contribution in [0.5, 0.6) is 0 Å². The van der Waals surface area contributed by atoms with E-state index in [-0.39, 0.29) is 6.02 Å². The van der Waals surface area contributed by atoms with Gasteiger partial charge >= 0.3 is 0 Å². The number of carbonyl (C=O) groups excluding carboxylic acids is 1. The van der Waals surface area contributed by atoms with E-state index in [1.807, 2.05) is 0 Å². The standard InChI is InChI=1S/C8H12N2O4/c1-12-6-4-8(5-11,14-3)10-7(9-6)13-2/h4-5H,1-3H3,(H,9,10). The Kier molecular flexibility index (Phi) is 3.08. The van der Waals surface area contributed by atoms with E-state index in [2.05, 4.69) is 10.3 Å². The summed E-state index contributed by atoms with van der Waals surface area (Å²) in [6, 6.07) is 0.165. The van der Waals surface area contributed by atoms with Crippen LogP contribution in [0.25, 0.3) is 0 Å². The first-order valence-corrected chi connectivity index (χ1v) is 3.89. The zero-order chi connectivity index (χ0) is 10.6. The highest BCUT2D eigenvalue weighted by Gasteiger charge is 2.32. The van der Waals surface area contributed by atoms with Crippen LogP contribution in [0.1, 0.15) is 0 Å². The van der Waals surface area contributed by atoms with Gasteiger partial charge < -0.3 is 14.2 Å². The third-order valence-electron chi connectivity index (χ3n) is 1.75. The molecule has 0 fully saturated rings. The van der Waals surface area contributed by atoms with Crippen LogP contribution < -0.4 is 5.32 Å². The molecule has 6 nitrogen and oxygen atoms in total. The largest absolute Gasteiger partial charge is 0.482 e. The molecule has 14 heavy (non-hydrogen) atoms. The van der Waals surface area contributed by atoms with Crippen molar-refractivity contribution in [1.29, 1.82) is 0 Å². The second kappa shape index (κ2) is 4.10. The average molecular weight is 200 g/mol. The van der Waals surface area contributed by atoms with Gasteiger partial charge in [-0.1, -0.05) is 0 Å². The van der Waals surface area contributed by atoms with Crippen LogP contribution in [-0.4, -0.2) is 39.4 Å². The highest BCUT2D eigenvalue weighted by atomic mass is 16.5. The number of aldehydes is 1. The summed E-state index contributed by atoms with van der Waals surface area (Å²) in [6.07, 6.45) is 1.98. The quantitative estimate of drug-likeness (QED) is 0.629. The predicted molar refractivity (Wildman–Crippen MR) is 48.5 cm³/mol. The van der Waals surface area contributed by atoms with Crippen molar-refractivity contribution in [3.8, 4) is 0 Å². The Morgan fingerprint density at radius 2 is 2.14 bits per heavy atom. The normalized spacial score (nSPS) is 25.6. The van der Waals surface area contributed by atoms with E-state index in [1.165, 1.54) is 27.4 Å². The number of hydrogen-bond acceptors (Lipinski definition) is 6. The monoisotopic (exact) mass is 200 g/mol. The van der Waals surface area contributed by atoms with E-state index in [9.17, 15) is 4.79 Å². The molecule has 1 aliphatic heterocycles. The van der Waals surface area contributed by atoms with Gasteiger partial charge in [0.2, 0.25) is 5.72 Å². The molecule has 6 heteroatoms. The summed E-state index contributed by atoms with van der Waals surface area (Å²) in [4.78, 5) is 14.7. The molecule has 0 saturated carbocycles. The highest BCUT2D eigenvalue weighted by Crippen LogP contribution is 2.17. The van der Waals surface area contributed by atoms with Gasteiger partial charge in [0.05, 0.1) is 14.2 Å². The first-order chi connectivity index (χ1) is 6.69. The van der Waals surface area contributed by atoms with Crippen molar-refractivity contribution in [3.05, 3.63) is 12.0 Å². The van der Waals surface area contributed by atoms with Gasteiger partial charge in [-0.05, 0) is 0 Å². The van der Waals surface area contributed by atoms with Crippen molar-refractivity contribution in [2.75, 3.05) is 21.3 Å². The molecule has 0 amide bonds. The van der Waals surface area contributed by atoms with Crippen molar-refractivity contribution >= 4 is 12.3 Å². The van der Waals surface area contributed by atoms with E-state index in [0.717, 1.165) is 0 Å². The molecule has 1 unspecified atom stereocenters. The molecule has 0 radical (unpaired) electrons. The third-order valence-corrected chi connectivity index (χ3v) is 1.75. The van der Waals surface area contributed by atoms with Crippen molar-refractivity contribution in [2.45, 2.75) is 5.72 Å². The Bertz CT molecular complexity index is 265. The summed E-state index contributed by atoms with van der Waals surface area (Å²) in [6.45, 7) is 0. The number of nitrogens with zero attached hydrogens (tertiary/aromatic N) is 1. The third kappa shape index (κ3) is 1.85. The van der Waals surface area contributed by atoms with Crippen LogP contribution in [-0.2, 0) is 19.0 Å². The molecule has 1 N–H and O–H groups in total. The number of aliphatic imine (C=N–C) groups is 1. The summed E-state index contributed by atoms with van der Waals surface area (Å²) in [5.41, 5.74) is -1.36. The zero-order valence-electron chi connectivity index (χ0n) is 8.23. The highest BCUT2D eigenvalue weighted by molar-refractivity contribution is 5.81. The number of hydrogen-bond donors (Lipinski definition) is 1. The minimum Gasteiger partial charge on any atom is -0.482 e. The Hall–Kier alpha value is -1.56. The molecule has 1 rings (SSSR count). The number of carbonyl (C=O) groups is 1. The molecule has 0 aromatic heterocycles. The fraction of sp³-hybridized carbons (Fsp3) is 0.500. The van der Waals surface area contributed by atoms with Crippen LogP contribution in [0.15, 0.2) is 17.0 Å². The number of rotatable bonds is 3. The van der Waals surface area contributed by atoms with E-state index in [4.69, 9.17) is 14.2 Å². The van der Waals surface area contributed by atoms with Crippen molar-refractivity contribution in [1.82, 2.24) is 5.32 Å². The second-order valence-electron chi connectivity index (χ2n) is 2.53. The topological polar surface area (TPSA) is 69.2 Å².